The molecule has 0 saturated carbocycles. The maximum Gasteiger partial charge on any atom is 0.255 e. The first kappa shape index (κ1) is 14.6. The zero-order valence-corrected chi connectivity index (χ0v) is 13.0. The minimum atomic E-state index is 0.0324. The standard InChI is InChI=1S/C15H21ClN4O/c1-19-4-6-20(7-5-19)15(21)13-3-2-11(8-14(13)16)18-12-9-17-10-12/h2-3,8,12,17-18H,4-7,9-10H2,1H3. The Bertz CT molecular complexity index is 524. The molecule has 3 rings (SSSR count). The Hall–Kier alpha value is -1.30. The van der Waals surface area contributed by atoms with Gasteiger partial charge in [-0.15, -0.1) is 0 Å². The number of anilines is 1. The van der Waals surface area contributed by atoms with Crippen LogP contribution in [0.2, 0.25) is 5.02 Å². The highest BCUT2D eigenvalue weighted by Crippen LogP contribution is 2.23. The number of carbonyl (C=O) groups excluding carboxylic acids is 1. The second kappa shape index (κ2) is 6.22. The molecular weight excluding hydrogens is 288 g/mol. The van der Waals surface area contributed by atoms with Crippen molar-refractivity contribution in [1.29, 1.82) is 0 Å². The van der Waals surface area contributed by atoms with Crippen LogP contribution in [0.15, 0.2) is 18.2 Å². The maximum absolute atomic E-state index is 12.5. The number of nitrogens with one attached hydrogen (secondary N) is 2. The summed E-state index contributed by atoms with van der Waals surface area (Å²) in [5, 5.41) is 7.13. The van der Waals surface area contributed by atoms with Crippen LogP contribution in [0.1, 0.15) is 10.4 Å². The summed E-state index contributed by atoms with van der Waals surface area (Å²) in [6.45, 7) is 5.30. The van der Waals surface area contributed by atoms with Gasteiger partial charge in [0.1, 0.15) is 0 Å². The fraction of sp³-hybridized carbons (Fsp3) is 0.533. The lowest BCUT2D eigenvalue weighted by molar-refractivity contribution is 0.0664. The minimum absolute atomic E-state index is 0.0324. The van der Waals surface area contributed by atoms with E-state index in [0.717, 1.165) is 45.0 Å². The minimum Gasteiger partial charge on any atom is -0.380 e. The van der Waals surface area contributed by atoms with E-state index in [-0.39, 0.29) is 5.91 Å². The van der Waals surface area contributed by atoms with E-state index in [0.29, 0.717) is 16.6 Å². The van der Waals surface area contributed by atoms with Gasteiger partial charge in [0.15, 0.2) is 0 Å². The predicted octanol–water partition coefficient (Wildman–Crippen LogP) is 1.11. The van der Waals surface area contributed by atoms with Gasteiger partial charge in [0.05, 0.1) is 16.6 Å². The number of carbonyl (C=O) groups is 1. The Morgan fingerprint density at radius 1 is 1.29 bits per heavy atom. The van der Waals surface area contributed by atoms with Gasteiger partial charge >= 0.3 is 0 Å². The van der Waals surface area contributed by atoms with Gasteiger partial charge in [-0.2, -0.15) is 0 Å². The number of nitrogens with zero attached hydrogens (tertiary/aromatic N) is 2. The first-order valence-electron chi connectivity index (χ1n) is 7.38. The van der Waals surface area contributed by atoms with E-state index in [9.17, 15) is 4.79 Å². The Labute approximate surface area is 130 Å². The van der Waals surface area contributed by atoms with Gasteiger partial charge in [-0.05, 0) is 25.2 Å². The lowest BCUT2D eigenvalue weighted by Gasteiger charge is -2.32. The molecule has 1 aromatic carbocycles. The Morgan fingerprint density at radius 3 is 2.57 bits per heavy atom. The highest BCUT2D eigenvalue weighted by molar-refractivity contribution is 6.34. The van der Waals surface area contributed by atoms with Crippen LogP contribution in [0.4, 0.5) is 5.69 Å². The summed E-state index contributed by atoms with van der Waals surface area (Å²) in [5.74, 6) is 0.0324. The van der Waals surface area contributed by atoms with Gasteiger partial charge < -0.3 is 20.4 Å². The molecule has 114 valence electrons. The van der Waals surface area contributed by atoms with Crippen LogP contribution in [-0.2, 0) is 0 Å². The van der Waals surface area contributed by atoms with E-state index < -0.39 is 0 Å². The van der Waals surface area contributed by atoms with E-state index in [1.165, 1.54) is 0 Å². The number of benzene rings is 1. The lowest BCUT2D eigenvalue weighted by Crippen LogP contribution is -2.51. The van der Waals surface area contributed by atoms with E-state index in [1.54, 1.807) is 0 Å². The van der Waals surface area contributed by atoms with Crippen LogP contribution >= 0.6 is 11.6 Å². The quantitative estimate of drug-likeness (QED) is 0.878. The number of piperazine rings is 1. The van der Waals surface area contributed by atoms with Crippen molar-refractivity contribution in [2.24, 2.45) is 0 Å². The van der Waals surface area contributed by atoms with Crippen LogP contribution in [0, 0.1) is 0 Å². The van der Waals surface area contributed by atoms with Gasteiger partial charge in [0.2, 0.25) is 0 Å². The Balaban J connectivity index is 1.68. The topological polar surface area (TPSA) is 47.6 Å². The smallest absolute Gasteiger partial charge is 0.255 e. The van der Waals surface area contributed by atoms with Crippen LogP contribution in [-0.4, -0.2) is 68.1 Å². The molecule has 2 saturated heterocycles. The molecule has 0 bridgehead atoms. The summed E-state index contributed by atoms with van der Waals surface area (Å²) in [4.78, 5) is 16.6. The number of hydrogen-bond donors (Lipinski definition) is 2. The average Bonchev–Trinajstić information content (AvgIpc) is 2.43. The predicted molar refractivity (Wildman–Crippen MR) is 85.1 cm³/mol. The summed E-state index contributed by atoms with van der Waals surface area (Å²) in [5.41, 5.74) is 1.57. The first-order valence-corrected chi connectivity index (χ1v) is 7.76. The molecule has 1 aromatic rings. The average molecular weight is 309 g/mol. The molecule has 2 aliphatic rings. The van der Waals surface area contributed by atoms with Crippen molar-refractivity contribution in [2.75, 3.05) is 51.6 Å². The molecule has 21 heavy (non-hydrogen) atoms. The van der Waals surface area contributed by atoms with Gasteiger partial charge in [0.25, 0.3) is 5.91 Å². The van der Waals surface area contributed by atoms with E-state index in [2.05, 4.69) is 22.6 Å². The zero-order chi connectivity index (χ0) is 14.8. The van der Waals surface area contributed by atoms with Gasteiger partial charge in [0, 0.05) is 45.0 Å². The monoisotopic (exact) mass is 308 g/mol. The lowest BCUT2D eigenvalue weighted by atomic mass is 10.1. The second-order valence-corrected chi connectivity index (χ2v) is 6.20. The molecule has 0 radical (unpaired) electrons. The van der Waals surface area contributed by atoms with Crippen LogP contribution in [0.25, 0.3) is 0 Å². The summed E-state index contributed by atoms with van der Waals surface area (Å²) in [7, 11) is 2.07. The number of halogens is 1. The first-order chi connectivity index (χ1) is 10.1. The van der Waals surface area contributed by atoms with Crippen LogP contribution < -0.4 is 10.6 Å². The van der Waals surface area contributed by atoms with Crippen molar-refractivity contribution >= 4 is 23.2 Å². The van der Waals surface area contributed by atoms with Gasteiger partial charge in [-0.3, -0.25) is 4.79 Å². The molecule has 0 spiro atoms. The maximum atomic E-state index is 12.5. The Kier molecular flexibility index (Phi) is 4.33. The molecule has 0 atom stereocenters. The summed E-state index contributed by atoms with van der Waals surface area (Å²) in [6, 6.07) is 6.08. The molecule has 0 aromatic heterocycles. The third-order valence-electron chi connectivity index (χ3n) is 4.14. The fourth-order valence-electron chi connectivity index (χ4n) is 2.58. The number of hydrogen-bond acceptors (Lipinski definition) is 4. The molecule has 2 aliphatic heterocycles. The largest absolute Gasteiger partial charge is 0.380 e. The molecule has 2 N–H and O–H groups in total. The van der Waals surface area contributed by atoms with Crippen molar-refractivity contribution < 1.29 is 4.79 Å². The van der Waals surface area contributed by atoms with E-state index >= 15 is 0 Å². The van der Waals surface area contributed by atoms with E-state index in [4.69, 9.17) is 11.6 Å². The Morgan fingerprint density at radius 2 is 2.00 bits per heavy atom. The molecule has 6 heteroatoms. The third kappa shape index (κ3) is 3.31. The molecule has 2 fully saturated rings. The van der Waals surface area contributed by atoms with E-state index in [1.807, 2.05) is 23.1 Å². The molecule has 0 aliphatic carbocycles. The molecule has 1 amide bonds. The summed E-state index contributed by atoms with van der Waals surface area (Å²) >= 11 is 6.30. The summed E-state index contributed by atoms with van der Waals surface area (Å²) < 4.78 is 0. The summed E-state index contributed by atoms with van der Waals surface area (Å²) in [6.07, 6.45) is 0. The number of likely N-dealkylation sites (N-methyl/N-ethyl adjacent to an activating group) is 1. The van der Waals surface area contributed by atoms with Crippen LogP contribution in [0.3, 0.4) is 0 Å². The highest BCUT2D eigenvalue weighted by Gasteiger charge is 2.22. The SMILES string of the molecule is CN1CCN(C(=O)c2ccc(NC3CNC3)cc2Cl)CC1. The molecular formula is C15H21ClN4O. The highest BCUT2D eigenvalue weighted by atomic mass is 35.5. The molecule has 5 nitrogen and oxygen atoms in total. The van der Waals surface area contributed by atoms with Crippen molar-refractivity contribution in [2.45, 2.75) is 6.04 Å². The third-order valence-corrected chi connectivity index (χ3v) is 4.45. The van der Waals surface area contributed by atoms with Gasteiger partial charge in [-0.25, -0.2) is 0 Å². The van der Waals surface area contributed by atoms with Crippen molar-refractivity contribution in [3.63, 3.8) is 0 Å². The normalized spacial score (nSPS) is 20.2. The number of rotatable bonds is 3. The van der Waals surface area contributed by atoms with Crippen molar-refractivity contribution in [3.05, 3.63) is 28.8 Å². The second-order valence-electron chi connectivity index (χ2n) is 5.79. The van der Waals surface area contributed by atoms with Gasteiger partial charge in [-0.1, -0.05) is 11.6 Å². The van der Waals surface area contributed by atoms with Crippen molar-refractivity contribution in [3.8, 4) is 0 Å². The zero-order valence-electron chi connectivity index (χ0n) is 12.2. The molecule has 0 unspecified atom stereocenters. The van der Waals surface area contributed by atoms with Crippen molar-refractivity contribution in [1.82, 2.24) is 15.1 Å². The molecule has 2 heterocycles. The van der Waals surface area contributed by atoms with Crippen LogP contribution in [0.5, 0.6) is 0 Å². The fourth-order valence-corrected chi connectivity index (χ4v) is 2.85. The number of amides is 1.